The summed E-state index contributed by atoms with van der Waals surface area (Å²) in [6.07, 6.45) is 0. The van der Waals surface area contributed by atoms with E-state index in [1.807, 2.05) is 6.92 Å². The molecule has 6 nitrogen and oxygen atoms in total. The summed E-state index contributed by atoms with van der Waals surface area (Å²) in [6, 6.07) is 1.78. The fourth-order valence-electron chi connectivity index (χ4n) is 1.40. The molecule has 0 bridgehead atoms. The summed E-state index contributed by atoms with van der Waals surface area (Å²) in [4.78, 5) is 11.1. The SMILES string of the molecule is CCOCCNC(=O)c1cc(S(N)(=O)=O)c(F)cc1Br. The second-order valence-electron chi connectivity index (χ2n) is 3.76. The zero-order chi connectivity index (χ0) is 15.3. The van der Waals surface area contributed by atoms with E-state index in [2.05, 4.69) is 21.2 Å². The Kier molecular flexibility index (Phi) is 6.06. The molecule has 0 saturated heterocycles. The van der Waals surface area contributed by atoms with Gasteiger partial charge in [-0.3, -0.25) is 4.79 Å². The Morgan fingerprint density at radius 1 is 1.50 bits per heavy atom. The number of hydrogen-bond acceptors (Lipinski definition) is 4. The van der Waals surface area contributed by atoms with E-state index in [0.717, 1.165) is 12.1 Å². The van der Waals surface area contributed by atoms with E-state index in [1.54, 1.807) is 0 Å². The minimum absolute atomic E-state index is 0.0214. The largest absolute Gasteiger partial charge is 0.380 e. The normalized spacial score (nSPS) is 11.4. The lowest BCUT2D eigenvalue weighted by Gasteiger charge is -2.09. The first-order valence-electron chi connectivity index (χ1n) is 5.65. The van der Waals surface area contributed by atoms with Gasteiger partial charge in [-0.25, -0.2) is 17.9 Å². The Balaban J connectivity index is 2.98. The number of ether oxygens (including phenoxy) is 1. The van der Waals surface area contributed by atoms with E-state index in [1.165, 1.54) is 0 Å². The highest BCUT2D eigenvalue weighted by Gasteiger charge is 2.20. The highest BCUT2D eigenvalue weighted by Crippen LogP contribution is 2.23. The van der Waals surface area contributed by atoms with Gasteiger partial charge in [0.05, 0.1) is 12.2 Å². The van der Waals surface area contributed by atoms with Crippen LogP contribution in [0, 0.1) is 5.82 Å². The maximum atomic E-state index is 13.5. The molecule has 1 aromatic rings. The Morgan fingerprint density at radius 2 is 2.15 bits per heavy atom. The van der Waals surface area contributed by atoms with Gasteiger partial charge >= 0.3 is 0 Å². The van der Waals surface area contributed by atoms with Crippen molar-refractivity contribution in [3.05, 3.63) is 28.0 Å². The molecule has 0 aliphatic rings. The van der Waals surface area contributed by atoms with Gasteiger partial charge in [0, 0.05) is 17.6 Å². The fraction of sp³-hybridized carbons (Fsp3) is 0.364. The first-order chi connectivity index (χ1) is 9.27. The van der Waals surface area contributed by atoms with Crippen LogP contribution >= 0.6 is 15.9 Å². The number of nitrogens with one attached hydrogen (secondary N) is 1. The number of amides is 1. The van der Waals surface area contributed by atoms with E-state index >= 15 is 0 Å². The van der Waals surface area contributed by atoms with Crippen LogP contribution in [0.15, 0.2) is 21.5 Å². The van der Waals surface area contributed by atoms with Crippen molar-refractivity contribution in [2.45, 2.75) is 11.8 Å². The molecule has 1 aromatic carbocycles. The summed E-state index contributed by atoms with van der Waals surface area (Å²) in [7, 11) is -4.24. The molecule has 0 aromatic heterocycles. The maximum absolute atomic E-state index is 13.5. The lowest BCUT2D eigenvalue weighted by atomic mass is 10.2. The topological polar surface area (TPSA) is 98.5 Å². The van der Waals surface area contributed by atoms with Gasteiger partial charge in [0.15, 0.2) is 0 Å². The first kappa shape index (κ1) is 17.0. The summed E-state index contributed by atoms with van der Waals surface area (Å²) < 4.78 is 41.1. The van der Waals surface area contributed by atoms with Crippen LogP contribution in [0.3, 0.4) is 0 Å². The Labute approximate surface area is 124 Å². The standard InChI is InChI=1S/C11H14BrFN2O4S/c1-2-19-4-3-15-11(16)7-5-10(20(14,17)18)9(13)6-8(7)12/h5-6H,2-4H2,1H3,(H,15,16)(H2,14,17,18). The predicted octanol–water partition coefficient (Wildman–Crippen LogP) is 1.00. The van der Waals surface area contributed by atoms with Gasteiger partial charge < -0.3 is 10.1 Å². The van der Waals surface area contributed by atoms with Crippen molar-refractivity contribution in [1.82, 2.24) is 5.32 Å². The zero-order valence-corrected chi connectivity index (χ0v) is 13.1. The van der Waals surface area contributed by atoms with Gasteiger partial charge in [0.1, 0.15) is 10.7 Å². The molecule has 0 aliphatic carbocycles. The van der Waals surface area contributed by atoms with Gasteiger partial charge in [-0.2, -0.15) is 0 Å². The number of benzene rings is 1. The zero-order valence-electron chi connectivity index (χ0n) is 10.7. The number of halogens is 2. The van der Waals surface area contributed by atoms with Crippen molar-refractivity contribution in [2.75, 3.05) is 19.8 Å². The van der Waals surface area contributed by atoms with Gasteiger partial charge in [0.25, 0.3) is 5.91 Å². The summed E-state index contributed by atoms with van der Waals surface area (Å²) >= 11 is 3.00. The van der Waals surface area contributed by atoms with Crippen LogP contribution in [-0.4, -0.2) is 34.1 Å². The van der Waals surface area contributed by atoms with Crippen LogP contribution in [0.5, 0.6) is 0 Å². The Bertz CT molecular complexity index is 607. The second kappa shape index (κ2) is 7.11. The van der Waals surface area contributed by atoms with E-state index in [0.29, 0.717) is 13.2 Å². The Hall–Kier alpha value is -1.03. The molecule has 0 atom stereocenters. The molecular weight excluding hydrogens is 355 g/mol. The summed E-state index contributed by atoms with van der Waals surface area (Å²) in [5, 5.41) is 7.40. The molecule has 0 aliphatic heterocycles. The molecule has 3 N–H and O–H groups in total. The number of nitrogens with two attached hydrogens (primary N) is 1. The van der Waals surface area contributed by atoms with Crippen LogP contribution in [0.1, 0.15) is 17.3 Å². The lowest BCUT2D eigenvalue weighted by Crippen LogP contribution is -2.28. The fourth-order valence-corrected chi connectivity index (χ4v) is 2.51. The molecular formula is C11H14BrFN2O4S. The van der Waals surface area contributed by atoms with Crippen LogP contribution < -0.4 is 10.5 Å². The quantitative estimate of drug-likeness (QED) is 0.731. The summed E-state index contributed by atoms with van der Waals surface area (Å²) in [6.45, 7) is 2.91. The molecule has 0 spiro atoms. The average molecular weight is 369 g/mol. The molecule has 1 amide bonds. The van der Waals surface area contributed by atoms with Crippen molar-refractivity contribution < 1.29 is 22.3 Å². The number of primary sulfonamides is 1. The highest BCUT2D eigenvalue weighted by molar-refractivity contribution is 9.10. The molecule has 0 unspecified atom stereocenters. The third kappa shape index (κ3) is 4.51. The van der Waals surface area contributed by atoms with Gasteiger partial charge in [-0.1, -0.05) is 0 Å². The second-order valence-corrected chi connectivity index (χ2v) is 6.14. The molecule has 0 heterocycles. The summed E-state index contributed by atoms with van der Waals surface area (Å²) in [5.41, 5.74) is -0.0214. The van der Waals surface area contributed by atoms with Crippen LogP contribution in [0.2, 0.25) is 0 Å². The van der Waals surface area contributed by atoms with Crippen molar-refractivity contribution in [3.63, 3.8) is 0 Å². The smallest absolute Gasteiger partial charge is 0.252 e. The molecule has 112 valence electrons. The number of carbonyl (C=O) groups is 1. The molecule has 20 heavy (non-hydrogen) atoms. The lowest BCUT2D eigenvalue weighted by molar-refractivity contribution is 0.0921. The minimum atomic E-state index is -4.24. The van der Waals surface area contributed by atoms with E-state index in [9.17, 15) is 17.6 Å². The maximum Gasteiger partial charge on any atom is 0.252 e. The molecule has 0 radical (unpaired) electrons. The van der Waals surface area contributed by atoms with Gasteiger partial charge in [-0.05, 0) is 35.0 Å². The first-order valence-corrected chi connectivity index (χ1v) is 7.99. The monoisotopic (exact) mass is 368 g/mol. The van der Waals surface area contributed by atoms with Crippen molar-refractivity contribution in [2.24, 2.45) is 5.14 Å². The third-order valence-corrected chi connectivity index (χ3v) is 3.89. The van der Waals surface area contributed by atoms with Gasteiger partial charge in [-0.15, -0.1) is 0 Å². The van der Waals surface area contributed by atoms with Crippen LogP contribution in [0.25, 0.3) is 0 Å². The van der Waals surface area contributed by atoms with E-state index in [4.69, 9.17) is 9.88 Å². The number of hydrogen-bond donors (Lipinski definition) is 2. The van der Waals surface area contributed by atoms with Gasteiger partial charge in [0.2, 0.25) is 10.0 Å². The van der Waals surface area contributed by atoms with Crippen molar-refractivity contribution >= 4 is 31.9 Å². The van der Waals surface area contributed by atoms with Crippen LogP contribution in [0.4, 0.5) is 4.39 Å². The molecule has 1 rings (SSSR count). The average Bonchev–Trinajstić information content (AvgIpc) is 2.32. The van der Waals surface area contributed by atoms with E-state index in [-0.39, 0.29) is 16.6 Å². The summed E-state index contributed by atoms with van der Waals surface area (Å²) in [5.74, 6) is -1.58. The minimum Gasteiger partial charge on any atom is -0.380 e. The van der Waals surface area contributed by atoms with Crippen LogP contribution in [-0.2, 0) is 14.8 Å². The predicted molar refractivity (Wildman–Crippen MR) is 74.3 cm³/mol. The van der Waals surface area contributed by atoms with E-state index < -0.39 is 26.6 Å². The Morgan fingerprint density at radius 3 is 2.70 bits per heavy atom. The molecule has 0 fully saturated rings. The third-order valence-electron chi connectivity index (χ3n) is 2.31. The highest BCUT2D eigenvalue weighted by atomic mass is 79.9. The number of carbonyl (C=O) groups excluding carboxylic acids is 1. The molecule has 0 saturated carbocycles. The number of rotatable bonds is 6. The van der Waals surface area contributed by atoms with Crippen molar-refractivity contribution in [1.29, 1.82) is 0 Å². The molecule has 9 heteroatoms. The number of sulfonamides is 1. The van der Waals surface area contributed by atoms with Crippen molar-refractivity contribution in [3.8, 4) is 0 Å².